The van der Waals surface area contributed by atoms with Crippen molar-refractivity contribution in [3.63, 3.8) is 0 Å². The highest BCUT2D eigenvalue weighted by Gasteiger charge is 2.18. The van der Waals surface area contributed by atoms with Gasteiger partial charge < -0.3 is 15.2 Å². The Labute approximate surface area is 109 Å². The zero-order valence-corrected chi connectivity index (χ0v) is 11.0. The summed E-state index contributed by atoms with van der Waals surface area (Å²) in [7, 11) is 0. The Morgan fingerprint density at radius 3 is 3.06 bits per heavy atom. The van der Waals surface area contributed by atoms with Crippen LogP contribution in [-0.2, 0) is 11.3 Å². The monoisotopic (exact) mass is 250 g/mol. The molecule has 18 heavy (non-hydrogen) atoms. The molecule has 0 amide bonds. The zero-order valence-electron chi connectivity index (χ0n) is 11.0. The van der Waals surface area contributed by atoms with Crippen LogP contribution in [0.5, 0.6) is 5.75 Å². The van der Waals surface area contributed by atoms with Crippen LogP contribution in [0.1, 0.15) is 12.5 Å². The summed E-state index contributed by atoms with van der Waals surface area (Å²) in [6.45, 7) is 6.97. The van der Waals surface area contributed by atoms with Crippen molar-refractivity contribution in [2.24, 2.45) is 5.73 Å². The van der Waals surface area contributed by atoms with E-state index in [1.807, 2.05) is 24.3 Å². The molecule has 100 valence electrons. The summed E-state index contributed by atoms with van der Waals surface area (Å²) < 4.78 is 11.2. The first-order chi connectivity index (χ1) is 8.81. The second-order valence-corrected chi connectivity index (χ2v) is 4.62. The molecule has 1 unspecified atom stereocenters. The Kier molecular flexibility index (Phi) is 4.99. The molecular formula is C14H22N2O2. The van der Waals surface area contributed by atoms with Gasteiger partial charge in [0.25, 0.3) is 0 Å². The van der Waals surface area contributed by atoms with Gasteiger partial charge in [0, 0.05) is 31.2 Å². The lowest BCUT2D eigenvalue weighted by Crippen LogP contribution is -2.45. The Balaban J connectivity index is 1.80. The molecule has 1 saturated heterocycles. The molecule has 1 heterocycles. The third-order valence-corrected chi connectivity index (χ3v) is 3.33. The van der Waals surface area contributed by atoms with E-state index >= 15 is 0 Å². The van der Waals surface area contributed by atoms with Crippen LogP contribution >= 0.6 is 0 Å². The van der Waals surface area contributed by atoms with Crippen molar-refractivity contribution < 1.29 is 9.47 Å². The fourth-order valence-electron chi connectivity index (χ4n) is 2.18. The van der Waals surface area contributed by atoms with Gasteiger partial charge in [0.1, 0.15) is 12.4 Å². The van der Waals surface area contributed by atoms with Crippen LogP contribution in [0.2, 0.25) is 0 Å². The average molecular weight is 250 g/mol. The van der Waals surface area contributed by atoms with E-state index < -0.39 is 0 Å². The average Bonchev–Trinajstić information content (AvgIpc) is 2.41. The van der Waals surface area contributed by atoms with Gasteiger partial charge in [0.15, 0.2) is 0 Å². The van der Waals surface area contributed by atoms with E-state index in [0.717, 1.165) is 37.6 Å². The van der Waals surface area contributed by atoms with Crippen molar-refractivity contribution in [2.45, 2.75) is 19.5 Å². The lowest BCUT2D eigenvalue weighted by molar-refractivity contribution is -0.00518. The van der Waals surface area contributed by atoms with Gasteiger partial charge in [-0.25, -0.2) is 0 Å². The fourth-order valence-corrected chi connectivity index (χ4v) is 2.18. The maximum Gasteiger partial charge on any atom is 0.123 e. The van der Waals surface area contributed by atoms with Gasteiger partial charge in [0.05, 0.1) is 13.2 Å². The molecule has 1 aliphatic heterocycles. The van der Waals surface area contributed by atoms with Crippen molar-refractivity contribution >= 4 is 0 Å². The highest BCUT2D eigenvalue weighted by atomic mass is 16.5. The maximum atomic E-state index is 5.82. The number of nitrogens with two attached hydrogens (primary N) is 1. The van der Waals surface area contributed by atoms with Crippen LogP contribution < -0.4 is 10.5 Å². The van der Waals surface area contributed by atoms with Gasteiger partial charge in [-0.3, -0.25) is 4.90 Å². The summed E-state index contributed by atoms with van der Waals surface area (Å²) in [4.78, 5) is 2.40. The molecule has 4 heteroatoms. The molecule has 4 nitrogen and oxygen atoms in total. The Morgan fingerprint density at radius 2 is 2.28 bits per heavy atom. The molecular weight excluding hydrogens is 228 g/mol. The van der Waals surface area contributed by atoms with E-state index in [1.54, 1.807) is 0 Å². The number of nitrogens with zero attached hydrogens (tertiary/aromatic N) is 1. The fraction of sp³-hybridized carbons (Fsp3) is 0.571. The number of ether oxygens (including phenoxy) is 2. The first kappa shape index (κ1) is 13.3. The second-order valence-electron chi connectivity index (χ2n) is 4.62. The summed E-state index contributed by atoms with van der Waals surface area (Å²) in [5, 5.41) is 0. The molecule has 1 atom stereocenters. The van der Waals surface area contributed by atoms with E-state index in [0.29, 0.717) is 19.2 Å². The lowest BCUT2D eigenvalue weighted by atomic mass is 10.2. The number of morpholine rings is 1. The van der Waals surface area contributed by atoms with Crippen molar-refractivity contribution in [3.8, 4) is 5.75 Å². The minimum Gasteiger partial charge on any atom is -0.492 e. The summed E-state index contributed by atoms with van der Waals surface area (Å²) in [6.07, 6.45) is 0. The van der Waals surface area contributed by atoms with E-state index in [-0.39, 0.29) is 0 Å². The molecule has 2 rings (SSSR count). The number of benzene rings is 1. The van der Waals surface area contributed by atoms with Crippen LogP contribution in [0.4, 0.5) is 0 Å². The van der Waals surface area contributed by atoms with Gasteiger partial charge in [0.2, 0.25) is 0 Å². The number of para-hydroxylation sites is 1. The predicted octanol–water partition coefficient (Wildman–Crippen LogP) is 1.24. The van der Waals surface area contributed by atoms with E-state index in [2.05, 4.69) is 11.8 Å². The van der Waals surface area contributed by atoms with Gasteiger partial charge in [-0.05, 0) is 13.0 Å². The number of hydrogen-bond donors (Lipinski definition) is 1. The SMILES string of the molecule is CC1COCCN1CCOc1ccccc1CN. The van der Waals surface area contributed by atoms with Crippen LogP contribution in [0, 0.1) is 0 Å². The number of rotatable bonds is 5. The summed E-state index contributed by atoms with van der Waals surface area (Å²) in [5.41, 5.74) is 6.74. The highest BCUT2D eigenvalue weighted by molar-refractivity contribution is 5.32. The first-order valence-corrected chi connectivity index (χ1v) is 6.54. The Morgan fingerprint density at radius 1 is 1.44 bits per heavy atom. The molecule has 0 aliphatic carbocycles. The summed E-state index contributed by atoms with van der Waals surface area (Å²) >= 11 is 0. The third-order valence-electron chi connectivity index (χ3n) is 3.33. The van der Waals surface area contributed by atoms with Gasteiger partial charge in [-0.1, -0.05) is 18.2 Å². The maximum absolute atomic E-state index is 5.82. The standard InChI is InChI=1S/C14H22N2O2/c1-12-11-17-8-6-16(12)7-9-18-14-5-3-2-4-13(14)10-15/h2-5,12H,6-11,15H2,1H3. The molecule has 0 bridgehead atoms. The summed E-state index contributed by atoms with van der Waals surface area (Å²) in [6, 6.07) is 8.43. The van der Waals surface area contributed by atoms with E-state index in [9.17, 15) is 0 Å². The highest BCUT2D eigenvalue weighted by Crippen LogP contribution is 2.17. The Hall–Kier alpha value is -1.10. The van der Waals surface area contributed by atoms with Gasteiger partial charge in [-0.2, -0.15) is 0 Å². The zero-order chi connectivity index (χ0) is 12.8. The minimum absolute atomic E-state index is 0.479. The largest absolute Gasteiger partial charge is 0.492 e. The molecule has 1 aromatic rings. The van der Waals surface area contributed by atoms with Crippen molar-refractivity contribution in [1.29, 1.82) is 0 Å². The van der Waals surface area contributed by atoms with Crippen molar-refractivity contribution in [2.75, 3.05) is 32.9 Å². The van der Waals surface area contributed by atoms with E-state index in [1.165, 1.54) is 0 Å². The van der Waals surface area contributed by atoms with Crippen molar-refractivity contribution in [3.05, 3.63) is 29.8 Å². The van der Waals surface area contributed by atoms with Crippen LogP contribution in [0.15, 0.2) is 24.3 Å². The first-order valence-electron chi connectivity index (χ1n) is 6.54. The molecule has 1 fully saturated rings. The minimum atomic E-state index is 0.479. The Bertz CT molecular complexity index is 371. The normalized spacial score (nSPS) is 20.9. The van der Waals surface area contributed by atoms with Gasteiger partial charge >= 0.3 is 0 Å². The molecule has 0 radical (unpaired) electrons. The summed E-state index contributed by atoms with van der Waals surface area (Å²) in [5.74, 6) is 0.904. The molecule has 2 N–H and O–H groups in total. The molecule has 0 saturated carbocycles. The van der Waals surface area contributed by atoms with Crippen LogP contribution in [-0.4, -0.2) is 43.9 Å². The smallest absolute Gasteiger partial charge is 0.123 e. The molecule has 0 spiro atoms. The topological polar surface area (TPSA) is 47.7 Å². The molecule has 0 aromatic heterocycles. The molecule has 1 aromatic carbocycles. The molecule has 1 aliphatic rings. The van der Waals surface area contributed by atoms with Gasteiger partial charge in [-0.15, -0.1) is 0 Å². The van der Waals surface area contributed by atoms with Crippen LogP contribution in [0.25, 0.3) is 0 Å². The van der Waals surface area contributed by atoms with Crippen LogP contribution in [0.3, 0.4) is 0 Å². The lowest BCUT2D eigenvalue weighted by Gasteiger charge is -2.33. The second kappa shape index (κ2) is 6.73. The third kappa shape index (κ3) is 3.45. The number of hydrogen-bond acceptors (Lipinski definition) is 4. The quantitative estimate of drug-likeness (QED) is 0.854. The van der Waals surface area contributed by atoms with Crippen molar-refractivity contribution in [1.82, 2.24) is 4.90 Å². The van der Waals surface area contributed by atoms with E-state index in [4.69, 9.17) is 15.2 Å². The predicted molar refractivity (Wildman–Crippen MR) is 71.7 cm³/mol.